The van der Waals surface area contributed by atoms with Crippen molar-refractivity contribution in [3.05, 3.63) is 34.3 Å². The first-order chi connectivity index (χ1) is 7.52. The number of halogens is 1. The average Bonchev–Trinajstić information content (AvgIpc) is 2.26. The van der Waals surface area contributed by atoms with Gasteiger partial charge in [0.05, 0.1) is 0 Å². The van der Waals surface area contributed by atoms with Crippen molar-refractivity contribution in [1.29, 1.82) is 0 Å². The monoisotopic (exact) mass is 283 g/mol. The Balaban J connectivity index is 2.52. The van der Waals surface area contributed by atoms with Crippen LogP contribution in [0.2, 0.25) is 0 Å². The Hall–Kier alpha value is -0.830. The third kappa shape index (κ3) is 3.63. The minimum absolute atomic E-state index is 0.200. The molecule has 0 aliphatic rings. The summed E-state index contributed by atoms with van der Waals surface area (Å²) in [6.45, 7) is 4.05. The molecule has 0 aromatic heterocycles. The molecule has 0 N–H and O–H groups in total. The minimum Gasteiger partial charge on any atom is -0.343 e. The van der Waals surface area contributed by atoms with Crippen LogP contribution in [0.25, 0.3) is 0 Å². The van der Waals surface area contributed by atoms with E-state index in [4.69, 9.17) is 0 Å². The standard InChI is InChI=1S/C13H18BrNO/c1-10(2)15(3)13(16)9-8-11-6-4-5-7-12(11)14/h4-7,10H,8-9H2,1-3H3. The highest BCUT2D eigenvalue weighted by atomic mass is 79.9. The van der Waals surface area contributed by atoms with E-state index in [0.717, 1.165) is 10.9 Å². The number of rotatable bonds is 4. The Morgan fingerprint density at radius 2 is 2.00 bits per heavy atom. The lowest BCUT2D eigenvalue weighted by Gasteiger charge is -2.21. The SMILES string of the molecule is CC(C)N(C)C(=O)CCc1ccccc1Br. The summed E-state index contributed by atoms with van der Waals surface area (Å²) in [6.07, 6.45) is 1.36. The molecule has 16 heavy (non-hydrogen) atoms. The summed E-state index contributed by atoms with van der Waals surface area (Å²) in [6, 6.07) is 8.30. The number of nitrogens with zero attached hydrogens (tertiary/aromatic N) is 1. The molecule has 0 atom stereocenters. The van der Waals surface area contributed by atoms with Crippen LogP contribution in [0.1, 0.15) is 25.8 Å². The quantitative estimate of drug-likeness (QED) is 0.831. The Morgan fingerprint density at radius 1 is 1.38 bits per heavy atom. The molecule has 1 aromatic carbocycles. The van der Waals surface area contributed by atoms with Crippen LogP contribution in [0.15, 0.2) is 28.7 Å². The molecule has 0 aliphatic carbocycles. The van der Waals surface area contributed by atoms with Gasteiger partial charge < -0.3 is 4.90 Å². The zero-order valence-electron chi connectivity index (χ0n) is 10.0. The number of hydrogen-bond acceptors (Lipinski definition) is 1. The summed E-state index contributed by atoms with van der Waals surface area (Å²) in [5, 5.41) is 0. The molecule has 0 heterocycles. The molecule has 0 bridgehead atoms. The lowest BCUT2D eigenvalue weighted by molar-refractivity contribution is -0.131. The second-order valence-corrected chi connectivity index (χ2v) is 5.04. The fourth-order valence-electron chi connectivity index (χ4n) is 1.41. The molecule has 0 spiro atoms. The highest BCUT2D eigenvalue weighted by molar-refractivity contribution is 9.10. The van der Waals surface area contributed by atoms with Crippen LogP contribution in [0.5, 0.6) is 0 Å². The number of benzene rings is 1. The van der Waals surface area contributed by atoms with Crippen LogP contribution in [-0.2, 0) is 11.2 Å². The second-order valence-electron chi connectivity index (χ2n) is 4.19. The summed E-state index contributed by atoms with van der Waals surface area (Å²) in [4.78, 5) is 13.6. The maximum absolute atomic E-state index is 11.8. The third-order valence-electron chi connectivity index (χ3n) is 2.73. The lowest BCUT2D eigenvalue weighted by Crippen LogP contribution is -2.33. The first-order valence-corrected chi connectivity index (χ1v) is 6.30. The molecule has 0 aliphatic heterocycles. The van der Waals surface area contributed by atoms with Crippen molar-refractivity contribution in [2.24, 2.45) is 0 Å². The van der Waals surface area contributed by atoms with Crippen molar-refractivity contribution in [3.8, 4) is 0 Å². The van der Waals surface area contributed by atoms with Gasteiger partial charge in [-0.2, -0.15) is 0 Å². The minimum atomic E-state index is 0.200. The normalized spacial score (nSPS) is 10.6. The molecule has 88 valence electrons. The molecule has 3 heteroatoms. The van der Waals surface area contributed by atoms with Gasteiger partial charge >= 0.3 is 0 Å². The molecule has 2 nitrogen and oxygen atoms in total. The van der Waals surface area contributed by atoms with Crippen molar-refractivity contribution in [1.82, 2.24) is 4.90 Å². The smallest absolute Gasteiger partial charge is 0.222 e. The zero-order chi connectivity index (χ0) is 12.1. The van der Waals surface area contributed by atoms with Gasteiger partial charge in [0.2, 0.25) is 5.91 Å². The summed E-state index contributed by atoms with van der Waals surface area (Å²) in [5.41, 5.74) is 1.19. The molecular formula is C13H18BrNO. The van der Waals surface area contributed by atoms with Crippen molar-refractivity contribution in [2.75, 3.05) is 7.05 Å². The second kappa shape index (κ2) is 6.04. The Labute approximate surface area is 106 Å². The lowest BCUT2D eigenvalue weighted by atomic mass is 10.1. The largest absolute Gasteiger partial charge is 0.343 e. The van der Waals surface area contributed by atoms with E-state index in [-0.39, 0.29) is 11.9 Å². The fourth-order valence-corrected chi connectivity index (χ4v) is 1.89. The molecule has 1 aromatic rings. The van der Waals surface area contributed by atoms with Crippen LogP contribution >= 0.6 is 15.9 Å². The highest BCUT2D eigenvalue weighted by Crippen LogP contribution is 2.17. The molecule has 1 amide bonds. The Kier molecular flexibility index (Phi) is 5.00. The average molecular weight is 284 g/mol. The van der Waals surface area contributed by atoms with Crippen LogP contribution in [0.3, 0.4) is 0 Å². The number of aryl methyl sites for hydroxylation is 1. The molecule has 0 fully saturated rings. The van der Waals surface area contributed by atoms with E-state index in [1.165, 1.54) is 5.56 Å². The maximum Gasteiger partial charge on any atom is 0.222 e. The van der Waals surface area contributed by atoms with E-state index in [2.05, 4.69) is 15.9 Å². The van der Waals surface area contributed by atoms with Gasteiger partial charge in [-0.15, -0.1) is 0 Å². The maximum atomic E-state index is 11.8. The van der Waals surface area contributed by atoms with Crippen molar-refractivity contribution in [3.63, 3.8) is 0 Å². The van der Waals surface area contributed by atoms with Gasteiger partial charge in [0.25, 0.3) is 0 Å². The van der Waals surface area contributed by atoms with Crippen molar-refractivity contribution in [2.45, 2.75) is 32.7 Å². The van der Waals surface area contributed by atoms with Gasteiger partial charge in [0, 0.05) is 24.0 Å². The summed E-state index contributed by atoms with van der Waals surface area (Å²) in [7, 11) is 1.85. The van der Waals surface area contributed by atoms with Gasteiger partial charge in [0.15, 0.2) is 0 Å². The molecule has 1 rings (SSSR count). The van der Waals surface area contributed by atoms with Gasteiger partial charge in [-0.3, -0.25) is 4.79 Å². The molecule has 0 radical (unpaired) electrons. The molecular weight excluding hydrogens is 266 g/mol. The number of carbonyl (C=O) groups is 1. The fraction of sp³-hybridized carbons (Fsp3) is 0.462. The van der Waals surface area contributed by atoms with Gasteiger partial charge in [-0.1, -0.05) is 34.1 Å². The summed E-state index contributed by atoms with van der Waals surface area (Å²) >= 11 is 3.49. The van der Waals surface area contributed by atoms with E-state index in [0.29, 0.717) is 6.42 Å². The first-order valence-electron chi connectivity index (χ1n) is 5.51. The highest BCUT2D eigenvalue weighted by Gasteiger charge is 2.12. The Bertz CT molecular complexity index is 363. The van der Waals surface area contributed by atoms with E-state index < -0.39 is 0 Å². The summed E-state index contributed by atoms with van der Waals surface area (Å²) in [5.74, 6) is 0.200. The van der Waals surface area contributed by atoms with E-state index in [9.17, 15) is 4.79 Å². The Morgan fingerprint density at radius 3 is 2.56 bits per heavy atom. The van der Waals surface area contributed by atoms with Gasteiger partial charge in [-0.05, 0) is 31.9 Å². The van der Waals surface area contributed by atoms with Crippen molar-refractivity contribution < 1.29 is 4.79 Å². The molecule has 0 saturated heterocycles. The summed E-state index contributed by atoms with van der Waals surface area (Å²) < 4.78 is 1.08. The first kappa shape index (κ1) is 13.2. The predicted octanol–water partition coefficient (Wildman–Crippen LogP) is 3.25. The topological polar surface area (TPSA) is 20.3 Å². The van der Waals surface area contributed by atoms with E-state index in [1.807, 2.05) is 45.2 Å². The number of carbonyl (C=O) groups excluding carboxylic acids is 1. The zero-order valence-corrected chi connectivity index (χ0v) is 11.6. The molecule has 0 saturated carbocycles. The van der Waals surface area contributed by atoms with Crippen LogP contribution < -0.4 is 0 Å². The molecule has 0 unspecified atom stereocenters. The van der Waals surface area contributed by atoms with E-state index in [1.54, 1.807) is 4.90 Å². The van der Waals surface area contributed by atoms with Gasteiger partial charge in [-0.25, -0.2) is 0 Å². The van der Waals surface area contributed by atoms with Crippen LogP contribution in [0.4, 0.5) is 0 Å². The van der Waals surface area contributed by atoms with Crippen LogP contribution in [0, 0.1) is 0 Å². The number of amides is 1. The van der Waals surface area contributed by atoms with Crippen molar-refractivity contribution >= 4 is 21.8 Å². The third-order valence-corrected chi connectivity index (χ3v) is 3.51. The van der Waals surface area contributed by atoms with E-state index >= 15 is 0 Å². The van der Waals surface area contributed by atoms with Crippen LogP contribution in [-0.4, -0.2) is 23.9 Å². The number of hydrogen-bond donors (Lipinski definition) is 0. The van der Waals surface area contributed by atoms with Gasteiger partial charge in [0.1, 0.15) is 0 Å². The predicted molar refractivity (Wildman–Crippen MR) is 70.4 cm³/mol.